The van der Waals surface area contributed by atoms with Gasteiger partial charge in [-0.1, -0.05) is 24.3 Å². The fourth-order valence-corrected chi connectivity index (χ4v) is 3.72. The smallest absolute Gasteiger partial charge is 0.208 e. The van der Waals surface area contributed by atoms with E-state index >= 15 is 0 Å². The van der Waals surface area contributed by atoms with Crippen LogP contribution in [-0.4, -0.2) is 26.4 Å². The Hall–Kier alpha value is -2.62. The van der Waals surface area contributed by atoms with Gasteiger partial charge in [0.25, 0.3) is 0 Å². The molecule has 0 spiro atoms. The maximum absolute atomic E-state index is 6.17. The standard InChI is InChI=1S/C22H22O4/c1-2-8-16-14-18-17(13-15(16)7-1)19-21(25-11-5-3-9-23-19)22-20(18)24-10-4-6-12-26-22/h1-2,7-8,13-14H,3-6,9-12H2. The fourth-order valence-electron chi connectivity index (χ4n) is 3.72. The first kappa shape index (κ1) is 15.6. The summed E-state index contributed by atoms with van der Waals surface area (Å²) in [6.45, 7) is 2.73. The minimum Gasteiger partial charge on any atom is -0.489 e. The van der Waals surface area contributed by atoms with Crippen LogP contribution in [0.5, 0.6) is 23.0 Å². The zero-order valence-corrected chi connectivity index (χ0v) is 14.8. The minimum absolute atomic E-state index is 0.672. The molecule has 2 aliphatic heterocycles. The zero-order chi connectivity index (χ0) is 17.3. The topological polar surface area (TPSA) is 36.9 Å². The van der Waals surface area contributed by atoms with E-state index in [4.69, 9.17) is 18.9 Å². The van der Waals surface area contributed by atoms with Gasteiger partial charge in [-0.15, -0.1) is 0 Å². The van der Waals surface area contributed by atoms with E-state index in [0.29, 0.717) is 37.9 Å². The summed E-state index contributed by atoms with van der Waals surface area (Å²) in [6, 6.07) is 12.7. The summed E-state index contributed by atoms with van der Waals surface area (Å²) >= 11 is 0. The summed E-state index contributed by atoms with van der Waals surface area (Å²) in [5, 5.41) is 4.42. The molecule has 0 aliphatic carbocycles. The third kappa shape index (κ3) is 2.61. The van der Waals surface area contributed by atoms with Crippen molar-refractivity contribution in [2.45, 2.75) is 25.7 Å². The van der Waals surface area contributed by atoms with Gasteiger partial charge in [-0.2, -0.15) is 0 Å². The third-order valence-electron chi connectivity index (χ3n) is 5.06. The molecule has 0 saturated heterocycles. The van der Waals surface area contributed by atoms with Crippen molar-refractivity contribution in [1.82, 2.24) is 0 Å². The Morgan fingerprint density at radius 1 is 0.500 bits per heavy atom. The Morgan fingerprint density at radius 3 is 1.31 bits per heavy atom. The normalized spacial score (nSPS) is 17.2. The van der Waals surface area contributed by atoms with Gasteiger partial charge in [-0.25, -0.2) is 0 Å². The van der Waals surface area contributed by atoms with Gasteiger partial charge in [-0.05, 0) is 48.6 Å². The van der Waals surface area contributed by atoms with Crippen LogP contribution in [0.1, 0.15) is 25.7 Å². The molecule has 0 aromatic heterocycles. The SMILES string of the molecule is c1ccc2cc3c4c(c5c(c3cc2c1)OCCCCO5)OCCCCO4. The van der Waals surface area contributed by atoms with Crippen LogP contribution in [0.4, 0.5) is 0 Å². The van der Waals surface area contributed by atoms with E-state index in [0.717, 1.165) is 48.0 Å². The van der Waals surface area contributed by atoms with Crippen molar-refractivity contribution in [3.63, 3.8) is 0 Å². The van der Waals surface area contributed by atoms with E-state index in [9.17, 15) is 0 Å². The molecule has 4 heteroatoms. The van der Waals surface area contributed by atoms with Crippen molar-refractivity contribution >= 4 is 21.5 Å². The second-order valence-corrected chi connectivity index (χ2v) is 6.87. The van der Waals surface area contributed by atoms with Crippen LogP contribution in [-0.2, 0) is 0 Å². The number of rotatable bonds is 0. The Kier molecular flexibility index (Phi) is 3.96. The molecule has 0 amide bonds. The molecule has 4 nitrogen and oxygen atoms in total. The van der Waals surface area contributed by atoms with Gasteiger partial charge in [0.15, 0.2) is 11.5 Å². The lowest BCUT2D eigenvalue weighted by molar-refractivity contribution is 0.191. The molecule has 0 bridgehead atoms. The van der Waals surface area contributed by atoms with Crippen molar-refractivity contribution in [3.05, 3.63) is 36.4 Å². The van der Waals surface area contributed by atoms with Crippen LogP contribution in [0.3, 0.4) is 0 Å². The van der Waals surface area contributed by atoms with E-state index in [1.165, 1.54) is 10.8 Å². The monoisotopic (exact) mass is 350 g/mol. The summed E-state index contributed by atoms with van der Waals surface area (Å²) in [5.74, 6) is 2.97. The first-order valence-corrected chi connectivity index (χ1v) is 9.45. The van der Waals surface area contributed by atoms with Crippen LogP contribution in [0.25, 0.3) is 21.5 Å². The predicted molar refractivity (Wildman–Crippen MR) is 102 cm³/mol. The van der Waals surface area contributed by atoms with Gasteiger partial charge in [0.2, 0.25) is 11.5 Å². The molecule has 0 atom stereocenters. The largest absolute Gasteiger partial charge is 0.489 e. The highest BCUT2D eigenvalue weighted by atomic mass is 16.6. The van der Waals surface area contributed by atoms with E-state index in [1.807, 2.05) is 0 Å². The quantitative estimate of drug-likeness (QED) is 0.529. The molecule has 3 aromatic carbocycles. The molecule has 26 heavy (non-hydrogen) atoms. The second kappa shape index (κ2) is 6.60. The molecule has 0 fully saturated rings. The lowest BCUT2D eigenvalue weighted by Crippen LogP contribution is -2.14. The summed E-state index contributed by atoms with van der Waals surface area (Å²) < 4.78 is 24.6. The summed E-state index contributed by atoms with van der Waals surface area (Å²) in [4.78, 5) is 0. The molecule has 2 heterocycles. The van der Waals surface area contributed by atoms with E-state index in [2.05, 4.69) is 36.4 Å². The Labute approximate surface area is 152 Å². The fraction of sp³-hybridized carbons (Fsp3) is 0.364. The van der Waals surface area contributed by atoms with Gasteiger partial charge in [-0.3, -0.25) is 0 Å². The minimum atomic E-state index is 0.672. The number of hydrogen-bond acceptors (Lipinski definition) is 4. The predicted octanol–water partition coefficient (Wildman–Crippen LogP) is 5.10. The molecule has 0 saturated carbocycles. The highest BCUT2D eigenvalue weighted by Gasteiger charge is 2.27. The van der Waals surface area contributed by atoms with Crippen molar-refractivity contribution < 1.29 is 18.9 Å². The van der Waals surface area contributed by atoms with Crippen LogP contribution in [0.15, 0.2) is 36.4 Å². The van der Waals surface area contributed by atoms with Crippen molar-refractivity contribution in [2.24, 2.45) is 0 Å². The molecule has 0 unspecified atom stereocenters. The number of ether oxygens (including phenoxy) is 4. The van der Waals surface area contributed by atoms with Gasteiger partial charge >= 0.3 is 0 Å². The van der Waals surface area contributed by atoms with Crippen LogP contribution in [0.2, 0.25) is 0 Å². The molecule has 0 N–H and O–H groups in total. The van der Waals surface area contributed by atoms with Crippen molar-refractivity contribution in [1.29, 1.82) is 0 Å². The van der Waals surface area contributed by atoms with Crippen LogP contribution in [0, 0.1) is 0 Å². The zero-order valence-electron chi connectivity index (χ0n) is 14.8. The van der Waals surface area contributed by atoms with Gasteiger partial charge in [0.1, 0.15) is 0 Å². The second-order valence-electron chi connectivity index (χ2n) is 6.87. The summed E-state index contributed by atoms with van der Waals surface area (Å²) in [6.07, 6.45) is 3.93. The average molecular weight is 350 g/mol. The number of fused-ring (bicyclic) bond motifs is 7. The van der Waals surface area contributed by atoms with Gasteiger partial charge in [0, 0.05) is 10.8 Å². The molecule has 0 radical (unpaired) electrons. The molecular weight excluding hydrogens is 328 g/mol. The van der Waals surface area contributed by atoms with E-state index < -0.39 is 0 Å². The molecular formula is C22H22O4. The summed E-state index contributed by atoms with van der Waals surface area (Å²) in [7, 11) is 0. The number of hydrogen-bond donors (Lipinski definition) is 0. The van der Waals surface area contributed by atoms with Crippen LogP contribution < -0.4 is 18.9 Å². The van der Waals surface area contributed by atoms with Crippen molar-refractivity contribution in [3.8, 4) is 23.0 Å². The first-order valence-electron chi connectivity index (χ1n) is 9.45. The third-order valence-corrected chi connectivity index (χ3v) is 5.06. The maximum atomic E-state index is 6.17. The van der Waals surface area contributed by atoms with E-state index in [1.54, 1.807) is 0 Å². The molecule has 5 rings (SSSR count). The summed E-state index contributed by atoms with van der Waals surface area (Å²) in [5.41, 5.74) is 0. The Bertz CT molecular complexity index is 885. The average Bonchev–Trinajstić information content (AvgIpc) is 2.61. The lowest BCUT2D eigenvalue weighted by atomic mass is 10.0. The molecule has 134 valence electrons. The maximum Gasteiger partial charge on any atom is 0.208 e. The first-order chi connectivity index (χ1) is 12.9. The number of benzene rings is 3. The molecule has 2 aliphatic rings. The van der Waals surface area contributed by atoms with Gasteiger partial charge in [0.05, 0.1) is 26.4 Å². The lowest BCUT2D eigenvalue weighted by Gasteiger charge is -2.25. The Balaban J connectivity index is 1.86. The van der Waals surface area contributed by atoms with E-state index in [-0.39, 0.29) is 0 Å². The van der Waals surface area contributed by atoms with Crippen molar-refractivity contribution in [2.75, 3.05) is 26.4 Å². The Morgan fingerprint density at radius 2 is 0.885 bits per heavy atom. The highest BCUT2D eigenvalue weighted by molar-refractivity contribution is 6.06. The van der Waals surface area contributed by atoms with Crippen LogP contribution >= 0.6 is 0 Å². The highest BCUT2D eigenvalue weighted by Crippen LogP contribution is 2.53. The van der Waals surface area contributed by atoms with Gasteiger partial charge < -0.3 is 18.9 Å². The molecule has 3 aromatic rings.